The van der Waals surface area contributed by atoms with Crippen LogP contribution in [-0.4, -0.2) is 12.1 Å². The zero-order valence-electron chi connectivity index (χ0n) is 6.22. The molecule has 0 spiro atoms. The highest BCUT2D eigenvalue weighted by Crippen LogP contribution is 2.25. The van der Waals surface area contributed by atoms with Crippen LogP contribution in [0, 0.1) is 0 Å². The Bertz CT molecular complexity index is 280. The van der Waals surface area contributed by atoms with Gasteiger partial charge in [-0.05, 0) is 28.1 Å². The lowest BCUT2D eigenvalue weighted by molar-refractivity contribution is 0.145. The van der Waals surface area contributed by atoms with Crippen molar-refractivity contribution in [2.75, 3.05) is 7.11 Å². The molecule has 0 unspecified atom stereocenters. The van der Waals surface area contributed by atoms with Crippen LogP contribution >= 0.6 is 15.9 Å². The van der Waals surface area contributed by atoms with E-state index in [-0.39, 0.29) is 5.69 Å². The summed E-state index contributed by atoms with van der Waals surface area (Å²) in [5, 5.41) is 0. The molecular weight excluding hydrogens is 232 g/mol. The zero-order valence-corrected chi connectivity index (χ0v) is 7.81. The largest absolute Gasteiger partial charge is 0.494 e. The molecule has 0 saturated heterocycles. The molecule has 1 heterocycles. The summed E-state index contributed by atoms with van der Waals surface area (Å²) in [5.74, 6) is 0.444. The lowest BCUT2D eigenvalue weighted by Gasteiger charge is -2.03. The van der Waals surface area contributed by atoms with E-state index in [1.165, 1.54) is 19.2 Å². The van der Waals surface area contributed by atoms with Gasteiger partial charge in [0.25, 0.3) is 6.43 Å². The van der Waals surface area contributed by atoms with Gasteiger partial charge in [0.2, 0.25) is 0 Å². The molecule has 2 nitrogen and oxygen atoms in total. The normalized spacial score (nSPS) is 10.4. The monoisotopic (exact) mass is 237 g/mol. The van der Waals surface area contributed by atoms with Gasteiger partial charge in [-0.15, -0.1) is 0 Å². The number of hydrogen-bond donors (Lipinski definition) is 0. The Morgan fingerprint density at radius 1 is 1.50 bits per heavy atom. The summed E-state index contributed by atoms with van der Waals surface area (Å²) in [7, 11) is 1.45. The summed E-state index contributed by atoms with van der Waals surface area (Å²) in [6.45, 7) is 0. The molecular formula is C7H6BrF2NO. The predicted octanol–water partition coefficient (Wildman–Crippen LogP) is 2.79. The third-order valence-electron chi connectivity index (χ3n) is 1.28. The molecule has 0 amide bonds. The van der Waals surface area contributed by atoms with Crippen LogP contribution in [0.5, 0.6) is 5.75 Å². The highest BCUT2D eigenvalue weighted by atomic mass is 79.9. The molecule has 1 rings (SSSR count). The summed E-state index contributed by atoms with van der Waals surface area (Å²) < 4.78 is 29.2. The predicted molar refractivity (Wildman–Crippen MR) is 43.4 cm³/mol. The van der Waals surface area contributed by atoms with Crippen LogP contribution in [0.4, 0.5) is 8.78 Å². The summed E-state index contributed by atoms with van der Waals surface area (Å²) in [6, 6.07) is 2.67. The van der Waals surface area contributed by atoms with Gasteiger partial charge in [-0.3, -0.25) is 0 Å². The Kier molecular flexibility index (Phi) is 2.97. The van der Waals surface area contributed by atoms with E-state index < -0.39 is 6.43 Å². The van der Waals surface area contributed by atoms with Crippen molar-refractivity contribution in [1.82, 2.24) is 4.98 Å². The molecule has 0 aromatic carbocycles. The molecule has 0 aliphatic heterocycles. The van der Waals surface area contributed by atoms with Gasteiger partial charge in [-0.1, -0.05) is 0 Å². The van der Waals surface area contributed by atoms with Gasteiger partial charge in [0, 0.05) is 0 Å². The molecule has 0 bridgehead atoms. The van der Waals surface area contributed by atoms with E-state index in [1.807, 2.05) is 0 Å². The van der Waals surface area contributed by atoms with Crippen molar-refractivity contribution < 1.29 is 13.5 Å². The Hall–Kier alpha value is -0.710. The number of methoxy groups -OCH3 is 1. The molecule has 0 saturated carbocycles. The zero-order chi connectivity index (χ0) is 9.14. The highest BCUT2D eigenvalue weighted by Gasteiger charge is 2.10. The number of ether oxygens (including phenoxy) is 1. The summed E-state index contributed by atoms with van der Waals surface area (Å²) in [6.07, 6.45) is -2.55. The van der Waals surface area contributed by atoms with Gasteiger partial charge in [0.05, 0.1) is 7.11 Å². The van der Waals surface area contributed by atoms with E-state index in [9.17, 15) is 8.78 Å². The van der Waals surface area contributed by atoms with Crippen molar-refractivity contribution in [2.45, 2.75) is 6.43 Å². The molecule has 0 N–H and O–H groups in total. The minimum Gasteiger partial charge on any atom is -0.494 e. The fourth-order valence-electron chi connectivity index (χ4n) is 0.709. The first-order valence-electron chi connectivity index (χ1n) is 3.13. The molecule has 1 aromatic rings. The van der Waals surface area contributed by atoms with E-state index in [0.717, 1.165) is 0 Å². The number of alkyl halides is 2. The molecule has 0 fully saturated rings. The van der Waals surface area contributed by atoms with Gasteiger partial charge in [-0.2, -0.15) is 0 Å². The fraction of sp³-hybridized carbons (Fsp3) is 0.286. The lowest BCUT2D eigenvalue weighted by atomic mass is 10.3. The Labute approximate surface area is 76.7 Å². The molecule has 5 heteroatoms. The van der Waals surface area contributed by atoms with Crippen LogP contribution in [0.1, 0.15) is 12.1 Å². The highest BCUT2D eigenvalue weighted by molar-refractivity contribution is 9.10. The average Bonchev–Trinajstić information content (AvgIpc) is 2.04. The molecule has 0 atom stereocenters. The Morgan fingerprint density at radius 3 is 2.58 bits per heavy atom. The fourth-order valence-corrected chi connectivity index (χ4v) is 1.21. The summed E-state index contributed by atoms with van der Waals surface area (Å²) in [5.41, 5.74) is -0.261. The van der Waals surface area contributed by atoms with Crippen molar-refractivity contribution in [2.24, 2.45) is 0 Å². The molecule has 66 valence electrons. The van der Waals surface area contributed by atoms with Gasteiger partial charge in [0.1, 0.15) is 10.3 Å². The maximum atomic E-state index is 12.1. The van der Waals surface area contributed by atoms with E-state index in [0.29, 0.717) is 10.4 Å². The smallest absolute Gasteiger partial charge is 0.280 e. The van der Waals surface area contributed by atoms with E-state index in [4.69, 9.17) is 4.74 Å². The van der Waals surface area contributed by atoms with E-state index in [2.05, 4.69) is 20.9 Å². The second-order valence-corrected chi connectivity index (χ2v) is 2.78. The summed E-state index contributed by atoms with van der Waals surface area (Å²) >= 11 is 3.01. The van der Waals surface area contributed by atoms with Crippen LogP contribution in [0.3, 0.4) is 0 Å². The van der Waals surface area contributed by atoms with Crippen LogP contribution < -0.4 is 4.74 Å². The molecule has 0 aliphatic carbocycles. The minimum atomic E-state index is -2.55. The van der Waals surface area contributed by atoms with Gasteiger partial charge in [-0.25, -0.2) is 13.8 Å². The van der Waals surface area contributed by atoms with Crippen LogP contribution in [0.25, 0.3) is 0 Å². The minimum absolute atomic E-state index is 0.261. The standard InChI is InChI=1S/C7H6BrF2NO/c1-12-5-3-2-4(7(9)10)11-6(5)8/h2-3,7H,1H3. The third-order valence-corrected chi connectivity index (χ3v) is 1.85. The SMILES string of the molecule is COc1ccc(C(F)F)nc1Br. The van der Waals surface area contributed by atoms with E-state index >= 15 is 0 Å². The second-order valence-electron chi connectivity index (χ2n) is 2.03. The van der Waals surface area contributed by atoms with Crippen LogP contribution in [0.15, 0.2) is 16.7 Å². The second kappa shape index (κ2) is 3.80. The van der Waals surface area contributed by atoms with Crippen molar-refractivity contribution in [1.29, 1.82) is 0 Å². The first kappa shape index (κ1) is 9.38. The maximum Gasteiger partial charge on any atom is 0.280 e. The van der Waals surface area contributed by atoms with Crippen LogP contribution in [0.2, 0.25) is 0 Å². The first-order chi connectivity index (χ1) is 5.65. The average molecular weight is 238 g/mol. The maximum absolute atomic E-state index is 12.1. The molecule has 0 radical (unpaired) electrons. The van der Waals surface area contributed by atoms with Gasteiger partial charge >= 0.3 is 0 Å². The quantitative estimate of drug-likeness (QED) is 0.739. The van der Waals surface area contributed by atoms with Gasteiger partial charge < -0.3 is 4.74 Å². The number of hydrogen-bond acceptors (Lipinski definition) is 2. The molecule has 12 heavy (non-hydrogen) atoms. The number of pyridine rings is 1. The Morgan fingerprint density at radius 2 is 2.17 bits per heavy atom. The Balaban J connectivity index is 3.02. The molecule has 0 aliphatic rings. The summed E-state index contributed by atoms with van der Waals surface area (Å²) in [4.78, 5) is 3.59. The number of aromatic nitrogens is 1. The van der Waals surface area contributed by atoms with E-state index in [1.54, 1.807) is 0 Å². The molecule has 1 aromatic heterocycles. The lowest BCUT2D eigenvalue weighted by Crippen LogP contribution is -1.93. The topological polar surface area (TPSA) is 22.1 Å². The van der Waals surface area contributed by atoms with Crippen molar-refractivity contribution in [3.05, 3.63) is 22.4 Å². The first-order valence-corrected chi connectivity index (χ1v) is 3.93. The number of halogens is 3. The van der Waals surface area contributed by atoms with Gasteiger partial charge in [0.15, 0.2) is 5.75 Å². The number of rotatable bonds is 2. The van der Waals surface area contributed by atoms with Crippen molar-refractivity contribution >= 4 is 15.9 Å². The van der Waals surface area contributed by atoms with Crippen molar-refractivity contribution in [3.63, 3.8) is 0 Å². The number of nitrogens with zero attached hydrogens (tertiary/aromatic N) is 1. The van der Waals surface area contributed by atoms with Crippen LogP contribution in [-0.2, 0) is 0 Å². The third kappa shape index (κ3) is 1.91. The van der Waals surface area contributed by atoms with Crippen molar-refractivity contribution in [3.8, 4) is 5.75 Å².